The number of ether oxygens (including phenoxy) is 1. The van der Waals surface area contributed by atoms with E-state index in [9.17, 15) is 14.9 Å². The molecular formula is C12H15NO4. The van der Waals surface area contributed by atoms with Gasteiger partial charge in [-0.1, -0.05) is 18.2 Å². The average Bonchev–Trinajstić information content (AvgIpc) is 2.35. The third-order valence-electron chi connectivity index (χ3n) is 2.80. The molecule has 5 heteroatoms. The monoisotopic (exact) mass is 237 g/mol. The van der Waals surface area contributed by atoms with Crippen molar-refractivity contribution in [2.45, 2.75) is 25.3 Å². The predicted octanol–water partition coefficient (Wildman–Crippen LogP) is 2.03. The SMILES string of the molecule is COc1ccccc1[C@H](CC=O)[C@H](C)[N+](=O)[O-]. The van der Waals surface area contributed by atoms with Gasteiger partial charge in [-0.05, 0) is 6.07 Å². The maximum Gasteiger partial charge on any atom is 0.217 e. The fourth-order valence-corrected chi connectivity index (χ4v) is 1.81. The maximum atomic E-state index is 10.8. The van der Waals surface area contributed by atoms with Gasteiger partial charge in [0.25, 0.3) is 0 Å². The van der Waals surface area contributed by atoms with Crippen molar-refractivity contribution in [3.05, 3.63) is 39.9 Å². The lowest BCUT2D eigenvalue weighted by Gasteiger charge is -2.18. The van der Waals surface area contributed by atoms with E-state index < -0.39 is 12.0 Å². The zero-order valence-corrected chi connectivity index (χ0v) is 9.83. The fraction of sp³-hybridized carbons (Fsp3) is 0.417. The molecule has 0 radical (unpaired) electrons. The summed E-state index contributed by atoms with van der Waals surface area (Å²) in [6, 6.07) is 6.24. The molecule has 0 amide bonds. The summed E-state index contributed by atoms with van der Waals surface area (Å²) >= 11 is 0. The first-order chi connectivity index (χ1) is 8.11. The zero-order valence-electron chi connectivity index (χ0n) is 9.83. The highest BCUT2D eigenvalue weighted by Crippen LogP contribution is 2.31. The van der Waals surface area contributed by atoms with Crippen molar-refractivity contribution in [1.29, 1.82) is 0 Å². The van der Waals surface area contributed by atoms with Crippen molar-refractivity contribution in [3.63, 3.8) is 0 Å². The largest absolute Gasteiger partial charge is 0.496 e. The molecule has 1 aromatic carbocycles. The highest BCUT2D eigenvalue weighted by atomic mass is 16.6. The Hall–Kier alpha value is -1.91. The van der Waals surface area contributed by atoms with Crippen LogP contribution in [-0.2, 0) is 4.79 Å². The van der Waals surface area contributed by atoms with Crippen molar-refractivity contribution in [2.75, 3.05) is 7.11 Å². The third-order valence-corrected chi connectivity index (χ3v) is 2.80. The summed E-state index contributed by atoms with van der Waals surface area (Å²) in [4.78, 5) is 21.1. The molecule has 0 aromatic heterocycles. The van der Waals surface area contributed by atoms with Crippen LogP contribution in [0.1, 0.15) is 24.8 Å². The van der Waals surface area contributed by atoms with Crippen LogP contribution in [0.3, 0.4) is 0 Å². The van der Waals surface area contributed by atoms with E-state index in [1.54, 1.807) is 24.3 Å². The van der Waals surface area contributed by atoms with E-state index in [0.29, 0.717) is 17.6 Å². The molecule has 0 spiro atoms. The van der Waals surface area contributed by atoms with Gasteiger partial charge >= 0.3 is 0 Å². The van der Waals surface area contributed by atoms with Crippen LogP contribution in [-0.4, -0.2) is 24.4 Å². The normalized spacial score (nSPS) is 13.8. The molecule has 1 rings (SSSR count). The molecule has 0 aliphatic heterocycles. The molecule has 0 aliphatic rings. The Balaban J connectivity index is 3.12. The minimum atomic E-state index is -0.823. The molecule has 92 valence electrons. The van der Waals surface area contributed by atoms with Gasteiger partial charge in [0.15, 0.2) is 0 Å². The lowest BCUT2D eigenvalue weighted by Crippen LogP contribution is -2.25. The number of para-hydroxylation sites is 1. The molecule has 0 unspecified atom stereocenters. The smallest absolute Gasteiger partial charge is 0.217 e. The molecule has 0 aliphatic carbocycles. The second-order valence-electron chi connectivity index (χ2n) is 3.78. The molecule has 0 saturated heterocycles. The standard InChI is InChI=1S/C12H15NO4/c1-9(13(15)16)10(7-8-14)11-5-3-4-6-12(11)17-2/h3-6,8-10H,7H2,1-2H3/t9-,10+/m0/s1. The van der Waals surface area contributed by atoms with Crippen LogP contribution >= 0.6 is 0 Å². The quantitative estimate of drug-likeness (QED) is 0.431. The first-order valence-electron chi connectivity index (χ1n) is 5.31. The summed E-state index contributed by atoms with van der Waals surface area (Å²) in [6.07, 6.45) is 0.819. The maximum absolute atomic E-state index is 10.8. The fourth-order valence-electron chi connectivity index (χ4n) is 1.81. The molecule has 0 N–H and O–H groups in total. The second kappa shape index (κ2) is 5.98. The van der Waals surface area contributed by atoms with Crippen LogP contribution in [0.5, 0.6) is 5.75 Å². The molecule has 1 aromatic rings. The minimum absolute atomic E-state index is 0.114. The molecule has 2 atom stereocenters. The Morgan fingerprint density at radius 1 is 1.47 bits per heavy atom. The van der Waals surface area contributed by atoms with Crippen LogP contribution in [0.25, 0.3) is 0 Å². The highest BCUT2D eigenvalue weighted by Gasteiger charge is 2.29. The number of carbonyl (C=O) groups excluding carboxylic acids is 1. The summed E-state index contributed by atoms with van der Waals surface area (Å²) in [5.74, 6) is 0.117. The molecule has 5 nitrogen and oxygen atoms in total. The van der Waals surface area contributed by atoms with Gasteiger partial charge in [-0.2, -0.15) is 0 Å². The molecule has 0 bridgehead atoms. The van der Waals surface area contributed by atoms with Crippen LogP contribution < -0.4 is 4.74 Å². The Labute approximate surface area is 99.5 Å². The number of hydrogen-bond donors (Lipinski definition) is 0. The number of benzene rings is 1. The van der Waals surface area contributed by atoms with E-state index in [1.165, 1.54) is 14.0 Å². The van der Waals surface area contributed by atoms with E-state index >= 15 is 0 Å². The molecular weight excluding hydrogens is 222 g/mol. The second-order valence-corrected chi connectivity index (χ2v) is 3.78. The summed E-state index contributed by atoms with van der Waals surface area (Å²) in [6.45, 7) is 1.50. The van der Waals surface area contributed by atoms with Crippen molar-refractivity contribution >= 4 is 6.29 Å². The Bertz CT molecular complexity index is 405. The number of aldehydes is 1. The van der Waals surface area contributed by atoms with Crippen molar-refractivity contribution in [1.82, 2.24) is 0 Å². The number of hydrogen-bond acceptors (Lipinski definition) is 4. The molecule has 0 saturated carbocycles. The lowest BCUT2D eigenvalue weighted by molar-refractivity contribution is -0.522. The number of methoxy groups -OCH3 is 1. The van der Waals surface area contributed by atoms with Gasteiger partial charge in [-0.25, -0.2) is 0 Å². The summed E-state index contributed by atoms with van der Waals surface area (Å²) in [5.41, 5.74) is 0.700. The Kier molecular flexibility index (Phi) is 4.63. The van der Waals surface area contributed by atoms with Gasteiger partial charge in [-0.15, -0.1) is 0 Å². The van der Waals surface area contributed by atoms with Gasteiger partial charge in [0, 0.05) is 23.8 Å². The van der Waals surface area contributed by atoms with Crippen LogP contribution in [0.2, 0.25) is 0 Å². The first kappa shape index (κ1) is 13.2. The van der Waals surface area contributed by atoms with E-state index in [-0.39, 0.29) is 11.3 Å². The van der Waals surface area contributed by atoms with E-state index in [0.717, 1.165) is 0 Å². The van der Waals surface area contributed by atoms with Crippen LogP contribution in [0, 0.1) is 10.1 Å². The van der Waals surface area contributed by atoms with Crippen molar-refractivity contribution in [2.24, 2.45) is 0 Å². The number of rotatable bonds is 6. The average molecular weight is 237 g/mol. The Morgan fingerprint density at radius 3 is 2.65 bits per heavy atom. The van der Waals surface area contributed by atoms with Gasteiger partial charge in [-0.3, -0.25) is 10.1 Å². The van der Waals surface area contributed by atoms with E-state index in [4.69, 9.17) is 4.74 Å². The zero-order chi connectivity index (χ0) is 12.8. The van der Waals surface area contributed by atoms with Gasteiger partial charge < -0.3 is 9.53 Å². The van der Waals surface area contributed by atoms with Crippen LogP contribution in [0.15, 0.2) is 24.3 Å². The third kappa shape index (κ3) is 3.03. The van der Waals surface area contributed by atoms with Crippen molar-refractivity contribution in [3.8, 4) is 5.75 Å². The lowest BCUT2D eigenvalue weighted by atomic mass is 9.89. The first-order valence-corrected chi connectivity index (χ1v) is 5.31. The van der Waals surface area contributed by atoms with Crippen LogP contribution in [0.4, 0.5) is 0 Å². The van der Waals surface area contributed by atoms with Gasteiger partial charge in [0.05, 0.1) is 13.0 Å². The Morgan fingerprint density at radius 2 is 2.12 bits per heavy atom. The highest BCUT2D eigenvalue weighted by molar-refractivity contribution is 5.53. The van der Waals surface area contributed by atoms with Gasteiger partial charge in [0.2, 0.25) is 6.04 Å². The summed E-state index contributed by atoms with van der Waals surface area (Å²) < 4.78 is 5.16. The number of carbonyl (C=O) groups is 1. The molecule has 0 heterocycles. The van der Waals surface area contributed by atoms with E-state index in [2.05, 4.69) is 0 Å². The number of nitro groups is 1. The molecule has 0 fully saturated rings. The van der Waals surface area contributed by atoms with E-state index in [1.807, 2.05) is 0 Å². The summed E-state index contributed by atoms with van der Waals surface area (Å²) in [7, 11) is 1.51. The summed E-state index contributed by atoms with van der Waals surface area (Å²) in [5, 5.41) is 10.8. The topological polar surface area (TPSA) is 69.4 Å². The minimum Gasteiger partial charge on any atom is -0.496 e. The van der Waals surface area contributed by atoms with Gasteiger partial charge in [0.1, 0.15) is 12.0 Å². The predicted molar refractivity (Wildman–Crippen MR) is 62.9 cm³/mol. The molecule has 17 heavy (non-hydrogen) atoms. The number of nitrogens with zero attached hydrogens (tertiary/aromatic N) is 1. The van der Waals surface area contributed by atoms with Crippen molar-refractivity contribution < 1.29 is 14.5 Å².